The van der Waals surface area contributed by atoms with Crippen molar-refractivity contribution in [3.05, 3.63) is 0 Å². The van der Waals surface area contributed by atoms with Crippen LogP contribution in [0.15, 0.2) is 0 Å². The number of Topliss-reactive ketones (excluding diaryl/α,β-unsaturated/α-hetero) is 1. The quantitative estimate of drug-likeness (QED) is 0.459. The smallest absolute Gasteiger partial charge is 0.328 e. The number of nitrogens with one attached hydrogen (secondary N) is 2. The van der Waals surface area contributed by atoms with E-state index in [1.807, 2.05) is 0 Å². The molecule has 0 aromatic rings. The summed E-state index contributed by atoms with van der Waals surface area (Å²) in [4.78, 5) is 34.9. The highest BCUT2D eigenvalue weighted by Crippen LogP contribution is 2.05. The second kappa shape index (κ2) is 10.0. The minimum absolute atomic E-state index is 0.00146. The average molecular weight is 300 g/mol. The molecule has 0 spiro atoms. The number of hydrogen-bond acceptors (Lipinski definition) is 6. The summed E-state index contributed by atoms with van der Waals surface area (Å²) in [5.41, 5.74) is 0. The SMILES string of the molecule is CO[C@H](C)CC(=O)N[C@@H](CCC(=O)C=N)C(=O)OC(C)C. The van der Waals surface area contributed by atoms with Gasteiger partial charge in [0.2, 0.25) is 5.91 Å². The van der Waals surface area contributed by atoms with Crippen LogP contribution in [-0.4, -0.2) is 49.2 Å². The minimum atomic E-state index is -0.896. The summed E-state index contributed by atoms with van der Waals surface area (Å²) >= 11 is 0. The van der Waals surface area contributed by atoms with Gasteiger partial charge in [0.25, 0.3) is 0 Å². The molecule has 0 radical (unpaired) electrons. The fourth-order valence-corrected chi connectivity index (χ4v) is 1.52. The first-order valence-electron chi connectivity index (χ1n) is 6.86. The number of amides is 1. The molecular weight excluding hydrogens is 276 g/mol. The van der Waals surface area contributed by atoms with E-state index in [1.54, 1.807) is 20.8 Å². The molecular formula is C14H24N2O5. The van der Waals surface area contributed by atoms with E-state index in [4.69, 9.17) is 14.9 Å². The summed E-state index contributed by atoms with van der Waals surface area (Å²) in [7, 11) is 1.49. The fraction of sp³-hybridized carbons (Fsp3) is 0.714. The van der Waals surface area contributed by atoms with Gasteiger partial charge in [-0.15, -0.1) is 0 Å². The third-order valence-corrected chi connectivity index (χ3v) is 2.69. The Morgan fingerprint density at radius 3 is 2.33 bits per heavy atom. The van der Waals surface area contributed by atoms with Crippen molar-refractivity contribution < 1.29 is 23.9 Å². The maximum absolute atomic E-state index is 11.9. The first kappa shape index (κ1) is 19.2. The lowest BCUT2D eigenvalue weighted by Crippen LogP contribution is -2.43. The van der Waals surface area contributed by atoms with Crippen LogP contribution in [-0.2, 0) is 23.9 Å². The van der Waals surface area contributed by atoms with Crippen molar-refractivity contribution in [2.45, 2.75) is 58.3 Å². The molecule has 2 atom stereocenters. The summed E-state index contributed by atoms with van der Waals surface area (Å²) in [5, 5.41) is 9.38. The molecule has 0 saturated carbocycles. The summed E-state index contributed by atoms with van der Waals surface area (Å²) < 4.78 is 10.0. The molecule has 7 nitrogen and oxygen atoms in total. The van der Waals surface area contributed by atoms with Gasteiger partial charge in [-0.3, -0.25) is 9.59 Å². The van der Waals surface area contributed by atoms with E-state index in [2.05, 4.69) is 5.32 Å². The van der Waals surface area contributed by atoms with Crippen molar-refractivity contribution in [1.82, 2.24) is 5.32 Å². The van der Waals surface area contributed by atoms with Crippen LogP contribution in [0.4, 0.5) is 0 Å². The van der Waals surface area contributed by atoms with E-state index in [0.717, 1.165) is 0 Å². The number of ether oxygens (including phenoxy) is 2. The first-order chi connectivity index (χ1) is 9.79. The molecule has 0 aliphatic carbocycles. The Kier molecular flexibility index (Phi) is 9.20. The normalized spacial score (nSPS) is 13.4. The van der Waals surface area contributed by atoms with E-state index in [-0.39, 0.29) is 37.4 Å². The number of hydrogen-bond donors (Lipinski definition) is 2. The predicted octanol–water partition coefficient (Wildman–Crippen LogP) is 0.847. The lowest BCUT2D eigenvalue weighted by atomic mass is 10.1. The van der Waals surface area contributed by atoms with Gasteiger partial charge in [-0.25, -0.2) is 4.79 Å². The van der Waals surface area contributed by atoms with Gasteiger partial charge in [-0.2, -0.15) is 0 Å². The van der Waals surface area contributed by atoms with Crippen LogP contribution in [0.3, 0.4) is 0 Å². The lowest BCUT2D eigenvalue weighted by Gasteiger charge is -2.19. The van der Waals surface area contributed by atoms with E-state index in [0.29, 0.717) is 6.21 Å². The van der Waals surface area contributed by atoms with Crippen molar-refractivity contribution in [3.63, 3.8) is 0 Å². The molecule has 0 unspecified atom stereocenters. The largest absolute Gasteiger partial charge is 0.461 e. The van der Waals surface area contributed by atoms with E-state index in [9.17, 15) is 14.4 Å². The number of carbonyl (C=O) groups is 3. The second-order valence-electron chi connectivity index (χ2n) is 5.01. The second-order valence-corrected chi connectivity index (χ2v) is 5.01. The van der Waals surface area contributed by atoms with E-state index >= 15 is 0 Å². The lowest BCUT2D eigenvalue weighted by molar-refractivity contribution is -0.152. The highest BCUT2D eigenvalue weighted by Gasteiger charge is 2.24. The molecule has 0 aliphatic rings. The van der Waals surface area contributed by atoms with Crippen LogP contribution < -0.4 is 5.32 Å². The van der Waals surface area contributed by atoms with Crippen molar-refractivity contribution in [1.29, 1.82) is 5.41 Å². The molecule has 0 aromatic carbocycles. The molecule has 7 heteroatoms. The predicted molar refractivity (Wildman–Crippen MR) is 77.3 cm³/mol. The zero-order valence-corrected chi connectivity index (χ0v) is 13.0. The van der Waals surface area contributed by atoms with Crippen LogP contribution in [0.5, 0.6) is 0 Å². The molecule has 0 bridgehead atoms. The van der Waals surface area contributed by atoms with Crippen LogP contribution in [0.2, 0.25) is 0 Å². The Labute approximate surface area is 124 Å². The Morgan fingerprint density at radius 2 is 1.86 bits per heavy atom. The van der Waals surface area contributed by atoms with Crippen LogP contribution >= 0.6 is 0 Å². The Bertz CT molecular complexity index is 382. The molecule has 2 N–H and O–H groups in total. The van der Waals surface area contributed by atoms with Gasteiger partial charge in [-0.05, 0) is 27.2 Å². The molecule has 1 amide bonds. The Balaban J connectivity index is 4.63. The number of carbonyl (C=O) groups excluding carboxylic acids is 3. The van der Waals surface area contributed by atoms with Gasteiger partial charge in [0.15, 0.2) is 5.78 Å². The molecule has 0 fully saturated rings. The highest BCUT2D eigenvalue weighted by molar-refractivity contribution is 6.26. The Hall–Kier alpha value is -1.76. The van der Waals surface area contributed by atoms with Crippen LogP contribution in [0.25, 0.3) is 0 Å². The monoisotopic (exact) mass is 300 g/mol. The molecule has 0 aliphatic heterocycles. The van der Waals surface area contributed by atoms with Crippen molar-refractivity contribution in [2.75, 3.05) is 7.11 Å². The zero-order chi connectivity index (χ0) is 16.4. The van der Waals surface area contributed by atoms with Gasteiger partial charge in [0.1, 0.15) is 6.04 Å². The molecule has 0 saturated heterocycles. The molecule has 0 rings (SSSR count). The number of methoxy groups -OCH3 is 1. The van der Waals surface area contributed by atoms with Crippen LogP contribution in [0, 0.1) is 5.41 Å². The maximum Gasteiger partial charge on any atom is 0.328 e. The van der Waals surface area contributed by atoms with Crippen LogP contribution in [0.1, 0.15) is 40.0 Å². The summed E-state index contributed by atoms with van der Waals surface area (Å²) in [6.07, 6.45) is 0.331. The zero-order valence-electron chi connectivity index (χ0n) is 13.0. The average Bonchev–Trinajstić information content (AvgIpc) is 2.41. The number of ketones is 1. The number of rotatable bonds is 10. The first-order valence-corrected chi connectivity index (χ1v) is 6.86. The Morgan fingerprint density at radius 1 is 1.24 bits per heavy atom. The third-order valence-electron chi connectivity index (χ3n) is 2.69. The van der Waals surface area contributed by atoms with Crippen molar-refractivity contribution >= 4 is 23.9 Å². The van der Waals surface area contributed by atoms with Gasteiger partial charge in [0.05, 0.1) is 24.8 Å². The standard InChI is InChI=1S/C14H24N2O5/c1-9(2)21-14(19)12(6-5-11(17)8-15)16-13(18)7-10(3)20-4/h8-10,12,15H,5-7H2,1-4H3,(H,16,18)/t10-,12+/m1/s1. The van der Waals surface area contributed by atoms with E-state index < -0.39 is 17.8 Å². The van der Waals surface area contributed by atoms with E-state index in [1.165, 1.54) is 7.11 Å². The number of esters is 1. The topological polar surface area (TPSA) is 106 Å². The summed E-state index contributed by atoms with van der Waals surface area (Å²) in [5.74, 6) is -1.34. The summed E-state index contributed by atoms with van der Waals surface area (Å²) in [6.45, 7) is 5.14. The minimum Gasteiger partial charge on any atom is -0.461 e. The van der Waals surface area contributed by atoms with Gasteiger partial charge in [0, 0.05) is 13.5 Å². The third kappa shape index (κ3) is 8.91. The maximum atomic E-state index is 11.9. The van der Waals surface area contributed by atoms with Gasteiger partial charge in [-0.1, -0.05) is 0 Å². The molecule has 120 valence electrons. The molecule has 21 heavy (non-hydrogen) atoms. The fourth-order valence-electron chi connectivity index (χ4n) is 1.52. The highest BCUT2D eigenvalue weighted by atomic mass is 16.5. The van der Waals surface area contributed by atoms with Gasteiger partial charge >= 0.3 is 5.97 Å². The van der Waals surface area contributed by atoms with Gasteiger partial charge < -0.3 is 20.2 Å². The van der Waals surface area contributed by atoms with Crippen molar-refractivity contribution in [2.24, 2.45) is 0 Å². The molecule has 0 aromatic heterocycles. The molecule has 0 heterocycles. The van der Waals surface area contributed by atoms with Crippen molar-refractivity contribution in [3.8, 4) is 0 Å². The summed E-state index contributed by atoms with van der Waals surface area (Å²) in [6, 6.07) is -0.896.